The SMILES string of the molecule is N#CC(C(=S)Nc1ccccc1)c1nc(-c2cc3cc(Br)ccc3o2)cs1. The second-order valence-corrected chi connectivity index (χ2v) is 8.03. The van der Waals surface area contributed by atoms with Gasteiger partial charge < -0.3 is 9.73 Å². The number of para-hydroxylation sites is 1. The molecule has 2 heterocycles. The Kier molecular flexibility index (Phi) is 5.03. The molecular weight excluding hydrogens is 442 g/mol. The number of rotatable bonds is 4. The highest BCUT2D eigenvalue weighted by atomic mass is 79.9. The lowest BCUT2D eigenvalue weighted by atomic mass is 10.1. The second kappa shape index (κ2) is 7.61. The third-order valence-corrected chi connectivity index (χ3v) is 5.67. The molecule has 4 nitrogen and oxygen atoms in total. The number of anilines is 1. The molecule has 1 unspecified atom stereocenters. The fourth-order valence-electron chi connectivity index (χ4n) is 2.64. The largest absolute Gasteiger partial charge is 0.454 e. The van der Waals surface area contributed by atoms with Crippen molar-refractivity contribution in [3.8, 4) is 17.5 Å². The number of nitriles is 1. The molecule has 0 aliphatic heterocycles. The number of nitrogens with one attached hydrogen (secondary N) is 1. The zero-order valence-electron chi connectivity index (χ0n) is 13.8. The van der Waals surface area contributed by atoms with Crippen molar-refractivity contribution in [2.24, 2.45) is 0 Å². The van der Waals surface area contributed by atoms with Crippen LogP contribution in [0.15, 0.2) is 68.9 Å². The maximum Gasteiger partial charge on any atom is 0.154 e. The van der Waals surface area contributed by atoms with Gasteiger partial charge in [0.1, 0.15) is 27.2 Å². The normalized spacial score (nSPS) is 11.9. The number of hydrogen-bond donors (Lipinski definition) is 1. The minimum Gasteiger partial charge on any atom is -0.454 e. The third-order valence-electron chi connectivity index (χ3n) is 3.93. The van der Waals surface area contributed by atoms with Crippen LogP contribution in [0.25, 0.3) is 22.4 Å². The van der Waals surface area contributed by atoms with Crippen LogP contribution in [0.2, 0.25) is 0 Å². The average molecular weight is 454 g/mol. The Bertz CT molecular complexity index is 1160. The van der Waals surface area contributed by atoms with Crippen LogP contribution in [-0.2, 0) is 0 Å². The van der Waals surface area contributed by atoms with Gasteiger partial charge in [-0.3, -0.25) is 0 Å². The number of thiocarbonyl (C=S) groups is 1. The molecular formula is C20H12BrN3OS2. The Labute approximate surface area is 173 Å². The Morgan fingerprint density at radius 1 is 1.22 bits per heavy atom. The van der Waals surface area contributed by atoms with Gasteiger partial charge in [0, 0.05) is 20.9 Å². The Balaban J connectivity index is 1.59. The highest BCUT2D eigenvalue weighted by Gasteiger charge is 2.21. The van der Waals surface area contributed by atoms with Crippen molar-refractivity contribution in [1.29, 1.82) is 5.26 Å². The molecule has 7 heteroatoms. The molecule has 0 saturated heterocycles. The summed E-state index contributed by atoms with van der Waals surface area (Å²) in [7, 11) is 0. The van der Waals surface area contributed by atoms with E-state index >= 15 is 0 Å². The van der Waals surface area contributed by atoms with Gasteiger partial charge in [0.2, 0.25) is 0 Å². The Morgan fingerprint density at radius 3 is 2.81 bits per heavy atom. The van der Waals surface area contributed by atoms with E-state index in [-0.39, 0.29) is 0 Å². The van der Waals surface area contributed by atoms with E-state index in [9.17, 15) is 5.26 Å². The lowest BCUT2D eigenvalue weighted by molar-refractivity contribution is 0.629. The van der Waals surface area contributed by atoms with Crippen LogP contribution >= 0.6 is 39.5 Å². The highest BCUT2D eigenvalue weighted by molar-refractivity contribution is 9.10. The van der Waals surface area contributed by atoms with Gasteiger partial charge in [-0.1, -0.05) is 46.3 Å². The van der Waals surface area contributed by atoms with Crippen LogP contribution in [-0.4, -0.2) is 9.97 Å². The number of aromatic nitrogens is 1. The van der Waals surface area contributed by atoms with Gasteiger partial charge in [0.25, 0.3) is 0 Å². The average Bonchev–Trinajstić information content (AvgIpc) is 3.30. The molecule has 2 aromatic carbocycles. The summed E-state index contributed by atoms with van der Waals surface area (Å²) >= 11 is 10.3. The lowest BCUT2D eigenvalue weighted by Crippen LogP contribution is -2.17. The monoisotopic (exact) mass is 453 g/mol. The molecule has 0 amide bonds. The van der Waals surface area contributed by atoms with E-state index in [1.807, 2.05) is 60.0 Å². The van der Waals surface area contributed by atoms with Crippen molar-refractivity contribution in [2.45, 2.75) is 5.92 Å². The number of thiazole rings is 1. The molecule has 0 bridgehead atoms. The predicted molar refractivity (Wildman–Crippen MR) is 116 cm³/mol. The summed E-state index contributed by atoms with van der Waals surface area (Å²) in [6, 6.07) is 19.6. The smallest absolute Gasteiger partial charge is 0.154 e. The van der Waals surface area contributed by atoms with Crippen LogP contribution in [0.4, 0.5) is 5.69 Å². The van der Waals surface area contributed by atoms with Crippen LogP contribution < -0.4 is 5.32 Å². The number of halogens is 1. The van der Waals surface area contributed by atoms with Crippen LogP contribution in [0.3, 0.4) is 0 Å². The first-order valence-corrected chi connectivity index (χ1v) is 10.1. The highest BCUT2D eigenvalue weighted by Crippen LogP contribution is 2.32. The van der Waals surface area contributed by atoms with E-state index in [0.29, 0.717) is 21.5 Å². The first-order valence-electron chi connectivity index (χ1n) is 8.04. The number of fused-ring (bicyclic) bond motifs is 1. The molecule has 1 N–H and O–H groups in total. The number of nitrogens with zero attached hydrogens (tertiary/aromatic N) is 2. The van der Waals surface area contributed by atoms with Gasteiger partial charge >= 0.3 is 0 Å². The second-order valence-electron chi connectivity index (χ2n) is 5.78. The molecule has 4 rings (SSSR count). The van der Waals surface area contributed by atoms with Crippen LogP contribution in [0.1, 0.15) is 10.9 Å². The van der Waals surface area contributed by atoms with Crippen molar-refractivity contribution in [1.82, 2.24) is 4.98 Å². The maximum absolute atomic E-state index is 9.61. The van der Waals surface area contributed by atoms with E-state index in [0.717, 1.165) is 21.1 Å². The van der Waals surface area contributed by atoms with Gasteiger partial charge in [-0.05, 0) is 36.4 Å². The summed E-state index contributed by atoms with van der Waals surface area (Å²) in [5.74, 6) is 0.0571. The molecule has 0 aliphatic carbocycles. The first kappa shape index (κ1) is 17.9. The number of furan rings is 1. The molecule has 0 radical (unpaired) electrons. The fourth-order valence-corrected chi connectivity index (χ4v) is 4.23. The molecule has 0 spiro atoms. The van der Waals surface area contributed by atoms with Crippen molar-refractivity contribution in [2.75, 3.05) is 5.32 Å². The summed E-state index contributed by atoms with van der Waals surface area (Å²) in [5.41, 5.74) is 2.34. The first-order chi connectivity index (χ1) is 13.1. The third kappa shape index (κ3) is 3.78. The zero-order valence-corrected chi connectivity index (χ0v) is 17.1. The number of hydrogen-bond acceptors (Lipinski definition) is 5. The fraction of sp³-hybridized carbons (Fsp3) is 0.0500. The minimum atomic E-state index is -0.613. The van der Waals surface area contributed by atoms with Crippen molar-refractivity contribution in [3.05, 3.63) is 69.5 Å². The van der Waals surface area contributed by atoms with E-state index in [4.69, 9.17) is 16.6 Å². The van der Waals surface area contributed by atoms with Crippen molar-refractivity contribution >= 4 is 61.1 Å². The van der Waals surface area contributed by atoms with Gasteiger partial charge in [0.05, 0.1) is 6.07 Å². The molecule has 27 heavy (non-hydrogen) atoms. The topological polar surface area (TPSA) is 61.9 Å². The van der Waals surface area contributed by atoms with E-state index in [2.05, 4.69) is 32.3 Å². The van der Waals surface area contributed by atoms with E-state index < -0.39 is 5.92 Å². The standard InChI is InChI=1S/C20H12BrN3OS2/c21-13-6-7-17-12(8-13)9-18(25-17)16-11-27-20(24-16)15(10-22)19(26)23-14-4-2-1-3-5-14/h1-9,11,15H,(H,23,26). The molecule has 2 aromatic heterocycles. The molecule has 0 saturated carbocycles. The summed E-state index contributed by atoms with van der Waals surface area (Å²) in [5, 5.41) is 16.2. The Morgan fingerprint density at radius 2 is 2.04 bits per heavy atom. The lowest BCUT2D eigenvalue weighted by Gasteiger charge is -2.10. The quantitative estimate of drug-likeness (QED) is 0.364. The Hall–Kier alpha value is -2.53. The minimum absolute atomic E-state index is 0.429. The van der Waals surface area contributed by atoms with Gasteiger partial charge in [-0.15, -0.1) is 11.3 Å². The van der Waals surface area contributed by atoms with Crippen LogP contribution in [0.5, 0.6) is 0 Å². The van der Waals surface area contributed by atoms with Gasteiger partial charge in [-0.2, -0.15) is 5.26 Å². The van der Waals surface area contributed by atoms with E-state index in [1.54, 1.807) is 0 Å². The molecule has 0 fully saturated rings. The van der Waals surface area contributed by atoms with E-state index in [1.165, 1.54) is 11.3 Å². The molecule has 0 aliphatic rings. The molecule has 1 atom stereocenters. The predicted octanol–water partition coefficient (Wildman–Crippen LogP) is 6.37. The summed E-state index contributed by atoms with van der Waals surface area (Å²) in [6.45, 7) is 0. The number of benzene rings is 2. The molecule has 4 aromatic rings. The maximum atomic E-state index is 9.61. The van der Waals surface area contributed by atoms with Crippen molar-refractivity contribution < 1.29 is 4.42 Å². The van der Waals surface area contributed by atoms with Crippen LogP contribution in [0, 0.1) is 11.3 Å². The molecule has 132 valence electrons. The van der Waals surface area contributed by atoms with Gasteiger partial charge in [0.15, 0.2) is 5.76 Å². The zero-order chi connectivity index (χ0) is 18.8. The summed E-state index contributed by atoms with van der Waals surface area (Å²) in [4.78, 5) is 5.02. The summed E-state index contributed by atoms with van der Waals surface area (Å²) in [6.07, 6.45) is 0. The van der Waals surface area contributed by atoms with Crippen molar-refractivity contribution in [3.63, 3.8) is 0 Å². The van der Waals surface area contributed by atoms with Gasteiger partial charge in [-0.25, -0.2) is 4.98 Å². The summed E-state index contributed by atoms with van der Waals surface area (Å²) < 4.78 is 6.87.